The third-order valence-electron chi connectivity index (χ3n) is 4.65. The van der Waals surface area contributed by atoms with Gasteiger partial charge in [0.1, 0.15) is 0 Å². The van der Waals surface area contributed by atoms with Gasteiger partial charge in [0.15, 0.2) is 0 Å². The fraction of sp³-hybridized carbons (Fsp3) is 0.474. The third kappa shape index (κ3) is 3.22. The van der Waals surface area contributed by atoms with Crippen LogP contribution in [0.2, 0.25) is 0 Å². The fourth-order valence-electron chi connectivity index (χ4n) is 3.34. The summed E-state index contributed by atoms with van der Waals surface area (Å²) in [7, 11) is 0. The topological polar surface area (TPSA) is 20.2 Å². The lowest BCUT2D eigenvalue weighted by Gasteiger charge is -2.27. The van der Waals surface area contributed by atoms with Crippen molar-refractivity contribution in [2.24, 2.45) is 0 Å². The SMILES string of the molecule is CC(C)c1ccc(CC(O)C2CCCc3sccc32)cc1. The summed E-state index contributed by atoms with van der Waals surface area (Å²) in [6.45, 7) is 4.42. The predicted octanol–water partition coefficient (Wildman–Crippen LogP) is 4.90. The van der Waals surface area contributed by atoms with Crippen LogP contribution < -0.4 is 0 Å². The Morgan fingerprint density at radius 3 is 2.67 bits per heavy atom. The second-order valence-corrected chi connectivity index (χ2v) is 7.47. The first kappa shape index (κ1) is 14.8. The number of rotatable bonds is 4. The predicted molar refractivity (Wildman–Crippen MR) is 90.2 cm³/mol. The van der Waals surface area contributed by atoms with Gasteiger partial charge in [0, 0.05) is 10.8 Å². The van der Waals surface area contributed by atoms with E-state index in [9.17, 15) is 5.11 Å². The Kier molecular flexibility index (Phi) is 4.46. The smallest absolute Gasteiger partial charge is 0.0649 e. The highest BCUT2D eigenvalue weighted by Gasteiger charge is 2.27. The minimum Gasteiger partial charge on any atom is -0.392 e. The summed E-state index contributed by atoms with van der Waals surface area (Å²) in [5.41, 5.74) is 4.01. The zero-order valence-corrected chi connectivity index (χ0v) is 13.7. The molecule has 3 rings (SSSR count). The molecule has 2 unspecified atom stereocenters. The van der Waals surface area contributed by atoms with Crippen molar-refractivity contribution >= 4 is 11.3 Å². The molecule has 0 fully saturated rings. The van der Waals surface area contributed by atoms with Crippen molar-refractivity contribution in [1.29, 1.82) is 0 Å². The van der Waals surface area contributed by atoms with Gasteiger partial charge in [-0.25, -0.2) is 0 Å². The molecule has 1 aliphatic carbocycles. The largest absolute Gasteiger partial charge is 0.392 e. The van der Waals surface area contributed by atoms with E-state index < -0.39 is 0 Å². The van der Waals surface area contributed by atoms with Crippen molar-refractivity contribution in [3.8, 4) is 0 Å². The molecule has 2 aromatic rings. The molecule has 0 saturated heterocycles. The Morgan fingerprint density at radius 2 is 1.95 bits per heavy atom. The number of aliphatic hydroxyl groups is 1. The van der Waals surface area contributed by atoms with E-state index >= 15 is 0 Å². The normalized spacial score (nSPS) is 19.5. The second-order valence-electron chi connectivity index (χ2n) is 6.47. The second kappa shape index (κ2) is 6.33. The van der Waals surface area contributed by atoms with Crippen LogP contribution in [0.1, 0.15) is 60.1 Å². The van der Waals surface area contributed by atoms with E-state index in [-0.39, 0.29) is 6.10 Å². The first-order valence-corrected chi connectivity index (χ1v) is 8.86. The summed E-state index contributed by atoms with van der Waals surface area (Å²) in [4.78, 5) is 1.49. The van der Waals surface area contributed by atoms with E-state index in [2.05, 4.69) is 49.6 Å². The fourth-order valence-corrected chi connectivity index (χ4v) is 4.34. The molecule has 1 N–H and O–H groups in total. The summed E-state index contributed by atoms with van der Waals surface area (Å²) in [6, 6.07) is 11.0. The summed E-state index contributed by atoms with van der Waals surface area (Å²) >= 11 is 1.85. The van der Waals surface area contributed by atoms with Crippen LogP contribution in [-0.2, 0) is 12.8 Å². The van der Waals surface area contributed by atoms with Gasteiger partial charge in [-0.05, 0) is 59.7 Å². The molecule has 0 radical (unpaired) electrons. The molecule has 0 amide bonds. The van der Waals surface area contributed by atoms with Crippen LogP contribution in [0.3, 0.4) is 0 Å². The number of hydrogen-bond acceptors (Lipinski definition) is 2. The number of hydrogen-bond donors (Lipinski definition) is 1. The molecule has 1 nitrogen and oxygen atoms in total. The molecule has 2 atom stereocenters. The standard InChI is InChI=1S/C19H24OS/c1-13(2)15-8-6-14(7-9-15)12-18(20)16-4-3-5-19-17(16)10-11-21-19/h6-11,13,16,18,20H,3-5,12H2,1-2H3. The van der Waals surface area contributed by atoms with Gasteiger partial charge in [0.2, 0.25) is 0 Å². The molecule has 0 bridgehead atoms. The van der Waals surface area contributed by atoms with Crippen LogP contribution in [-0.4, -0.2) is 11.2 Å². The van der Waals surface area contributed by atoms with Gasteiger partial charge in [-0.1, -0.05) is 38.1 Å². The summed E-state index contributed by atoms with van der Waals surface area (Å²) < 4.78 is 0. The zero-order valence-electron chi connectivity index (χ0n) is 12.9. The van der Waals surface area contributed by atoms with Crippen LogP contribution in [0.4, 0.5) is 0 Å². The highest BCUT2D eigenvalue weighted by molar-refractivity contribution is 7.10. The quantitative estimate of drug-likeness (QED) is 0.852. The molecule has 112 valence electrons. The van der Waals surface area contributed by atoms with Crippen LogP contribution in [0.5, 0.6) is 0 Å². The lowest BCUT2D eigenvalue weighted by atomic mass is 9.82. The van der Waals surface area contributed by atoms with E-state index in [1.807, 2.05) is 11.3 Å². The monoisotopic (exact) mass is 300 g/mol. The van der Waals surface area contributed by atoms with E-state index in [0.717, 1.165) is 12.8 Å². The van der Waals surface area contributed by atoms with Crippen LogP contribution >= 0.6 is 11.3 Å². The molecular weight excluding hydrogens is 276 g/mol. The van der Waals surface area contributed by atoms with Gasteiger partial charge < -0.3 is 5.11 Å². The maximum atomic E-state index is 10.7. The van der Waals surface area contributed by atoms with Gasteiger partial charge in [-0.3, -0.25) is 0 Å². The third-order valence-corrected chi connectivity index (χ3v) is 5.65. The molecule has 1 aromatic heterocycles. The van der Waals surface area contributed by atoms with Gasteiger partial charge >= 0.3 is 0 Å². The maximum Gasteiger partial charge on any atom is 0.0649 e. The Labute approximate surface area is 131 Å². The highest BCUT2D eigenvalue weighted by atomic mass is 32.1. The van der Waals surface area contributed by atoms with Gasteiger partial charge in [-0.2, -0.15) is 0 Å². The van der Waals surface area contributed by atoms with Crippen LogP contribution in [0.15, 0.2) is 35.7 Å². The number of aryl methyl sites for hydroxylation is 1. The molecule has 21 heavy (non-hydrogen) atoms. The molecule has 2 heteroatoms. The summed E-state index contributed by atoms with van der Waals surface area (Å²) in [5.74, 6) is 0.889. The Morgan fingerprint density at radius 1 is 1.19 bits per heavy atom. The van der Waals surface area contributed by atoms with Crippen LogP contribution in [0, 0.1) is 0 Å². The van der Waals surface area contributed by atoms with Crippen molar-refractivity contribution in [3.05, 3.63) is 57.3 Å². The minimum absolute atomic E-state index is 0.261. The Balaban J connectivity index is 1.71. The number of fused-ring (bicyclic) bond motifs is 1. The molecule has 0 saturated carbocycles. The summed E-state index contributed by atoms with van der Waals surface area (Å²) in [5, 5.41) is 12.8. The van der Waals surface area contributed by atoms with E-state index in [0.29, 0.717) is 11.8 Å². The first-order valence-electron chi connectivity index (χ1n) is 7.98. The average Bonchev–Trinajstić information content (AvgIpc) is 2.96. The maximum absolute atomic E-state index is 10.7. The van der Waals surface area contributed by atoms with Crippen molar-refractivity contribution in [2.45, 2.75) is 57.5 Å². The number of thiophene rings is 1. The van der Waals surface area contributed by atoms with Crippen molar-refractivity contribution in [1.82, 2.24) is 0 Å². The van der Waals surface area contributed by atoms with Crippen molar-refractivity contribution < 1.29 is 5.11 Å². The van der Waals surface area contributed by atoms with Gasteiger partial charge in [0.25, 0.3) is 0 Å². The van der Waals surface area contributed by atoms with E-state index in [1.54, 1.807) is 0 Å². The van der Waals surface area contributed by atoms with Crippen molar-refractivity contribution in [3.63, 3.8) is 0 Å². The molecule has 1 aliphatic rings. The first-order chi connectivity index (χ1) is 10.1. The van der Waals surface area contributed by atoms with Gasteiger partial charge in [0.05, 0.1) is 6.10 Å². The average molecular weight is 300 g/mol. The number of benzene rings is 1. The summed E-state index contributed by atoms with van der Waals surface area (Å²) in [6.07, 6.45) is 4.03. The van der Waals surface area contributed by atoms with E-state index in [4.69, 9.17) is 0 Å². The molecule has 1 aromatic carbocycles. The van der Waals surface area contributed by atoms with Crippen molar-refractivity contribution in [2.75, 3.05) is 0 Å². The molecular formula is C19H24OS. The number of aliphatic hydroxyl groups excluding tert-OH is 1. The van der Waals surface area contributed by atoms with E-state index in [1.165, 1.54) is 34.4 Å². The Bertz CT molecular complexity index is 582. The zero-order chi connectivity index (χ0) is 14.8. The lowest BCUT2D eigenvalue weighted by Crippen LogP contribution is -2.24. The Hall–Kier alpha value is -1.12. The molecule has 0 aliphatic heterocycles. The van der Waals surface area contributed by atoms with Gasteiger partial charge in [-0.15, -0.1) is 11.3 Å². The molecule has 0 spiro atoms. The minimum atomic E-state index is -0.261. The molecule has 1 heterocycles. The van der Waals surface area contributed by atoms with Crippen LogP contribution in [0.25, 0.3) is 0 Å². The lowest BCUT2D eigenvalue weighted by molar-refractivity contribution is 0.135. The highest BCUT2D eigenvalue weighted by Crippen LogP contribution is 2.37.